The maximum atomic E-state index is 12.6. The molecular formula is C24H32N2O6S. The Hall–Kier alpha value is -2.91. The van der Waals surface area contributed by atoms with Crippen LogP contribution in [0.2, 0.25) is 0 Å². The highest BCUT2D eigenvalue weighted by atomic mass is 32.2. The van der Waals surface area contributed by atoms with Gasteiger partial charge < -0.3 is 14.8 Å². The fourth-order valence-corrected chi connectivity index (χ4v) is 3.48. The van der Waals surface area contributed by atoms with E-state index in [4.69, 9.17) is 14.6 Å². The highest BCUT2D eigenvalue weighted by Gasteiger charge is 2.26. The van der Waals surface area contributed by atoms with Crippen molar-refractivity contribution in [3.8, 4) is 5.75 Å². The molecule has 1 atom stereocenters. The van der Waals surface area contributed by atoms with E-state index < -0.39 is 22.0 Å². The van der Waals surface area contributed by atoms with Crippen molar-refractivity contribution in [3.63, 3.8) is 0 Å². The van der Waals surface area contributed by atoms with Gasteiger partial charge in [0, 0.05) is 5.56 Å². The van der Waals surface area contributed by atoms with Crippen LogP contribution in [0.1, 0.15) is 50.5 Å². The molecule has 0 aliphatic carbocycles. The maximum Gasteiger partial charge on any atom is 0.329 e. The van der Waals surface area contributed by atoms with E-state index in [1.807, 2.05) is 26.0 Å². The molecule has 0 unspecified atom stereocenters. The number of carbonyl (C=O) groups is 2. The molecule has 1 amide bonds. The molecular weight excluding hydrogens is 444 g/mol. The minimum absolute atomic E-state index is 0.0223. The van der Waals surface area contributed by atoms with E-state index in [1.165, 1.54) is 24.3 Å². The van der Waals surface area contributed by atoms with E-state index in [-0.39, 0.29) is 35.3 Å². The molecule has 0 radical (unpaired) electrons. The predicted octanol–water partition coefficient (Wildman–Crippen LogP) is 3.01. The third-order valence-corrected chi connectivity index (χ3v) is 5.90. The molecule has 0 aliphatic rings. The summed E-state index contributed by atoms with van der Waals surface area (Å²) in [4.78, 5) is 25.1. The molecule has 0 saturated carbocycles. The first kappa shape index (κ1) is 26.3. The highest BCUT2D eigenvalue weighted by molar-refractivity contribution is 7.89. The van der Waals surface area contributed by atoms with Crippen LogP contribution in [-0.2, 0) is 25.0 Å². The van der Waals surface area contributed by atoms with Crippen LogP contribution < -0.4 is 15.2 Å². The molecule has 33 heavy (non-hydrogen) atoms. The Morgan fingerprint density at radius 3 is 2.03 bits per heavy atom. The first-order valence-electron chi connectivity index (χ1n) is 10.6. The lowest BCUT2D eigenvalue weighted by molar-refractivity contribution is -0.147. The lowest BCUT2D eigenvalue weighted by Crippen LogP contribution is -2.45. The monoisotopic (exact) mass is 476 g/mol. The van der Waals surface area contributed by atoms with Crippen molar-refractivity contribution in [1.29, 1.82) is 0 Å². The Labute approximate surface area is 195 Å². The van der Waals surface area contributed by atoms with Gasteiger partial charge in [0.05, 0.1) is 4.90 Å². The smallest absolute Gasteiger partial charge is 0.329 e. The summed E-state index contributed by atoms with van der Waals surface area (Å²) < 4.78 is 33.3. The van der Waals surface area contributed by atoms with Gasteiger partial charge in [-0.05, 0) is 53.3 Å². The van der Waals surface area contributed by atoms with Gasteiger partial charge in [-0.1, -0.05) is 46.8 Å². The van der Waals surface area contributed by atoms with E-state index in [0.717, 1.165) is 5.56 Å². The average Bonchev–Trinajstić information content (AvgIpc) is 2.73. The number of ether oxygens (including phenoxy) is 2. The molecule has 0 bridgehead atoms. The SMILES string of the molecule is CC(C)[C@H](NC(=O)c1ccc(C(C)(C)C)cc1)C(=O)OCCOc1ccc(S(N)(=O)=O)cc1. The van der Waals surface area contributed by atoms with Gasteiger partial charge in [0.2, 0.25) is 10.0 Å². The zero-order valence-corrected chi connectivity index (χ0v) is 20.4. The number of hydrogen-bond donors (Lipinski definition) is 2. The summed E-state index contributed by atoms with van der Waals surface area (Å²) in [5.41, 5.74) is 1.55. The van der Waals surface area contributed by atoms with Gasteiger partial charge in [0.25, 0.3) is 5.91 Å². The van der Waals surface area contributed by atoms with E-state index in [0.29, 0.717) is 11.3 Å². The fourth-order valence-electron chi connectivity index (χ4n) is 2.96. The number of nitrogens with two attached hydrogens (primary N) is 1. The van der Waals surface area contributed by atoms with Gasteiger partial charge in [-0.3, -0.25) is 4.79 Å². The van der Waals surface area contributed by atoms with Crippen LogP contribution in [0.15, 0.2) is 53.4 Å². The Kier molecular flexibility index (Phi) is 8.63. The molecule has 3 N–H and O–H groups in total. The molecule has 0 heterocycles. The van der Waals surface area contributed by atoms with Crippen molar-refractivity contribution in [3.05, 3.63) is 59.7 Å². The highest BCUT2D eigenvalue weighted by Crippen LogP contribution is 2.22. The Balaban J connectivity index is 1.88. The third-order valence-electron chi connectivity index (χ3n) is 4.97. The number of amides is 1. The number of benzene rings is 2. The number of primary sulfonamides is 1. The zero-order valence-electron chi connectivity index (χ0n) is 19.6. The normalized spacial score (nSPS) is 12.8. The number of esters is 1. The maximum absolute atomic E-state index is 12.6. The van der Waals surface area contributed by atoms with Gasteiger partial charge in [0.15, 0.2) is 0 Å². The summed E-state index contributed by atoms with van der Waals surface area (Å²) in [6, 6.07) is 12.1. The van der Waals surface area contributed by atoms with Crippen molar-refractivity contribution in [2.75, 3.05) is 13.2 Å². The summed E-state index contributed by atoms with van der Waals surface area (Å²) in [7, 11) is -3.77. The number of hydrogen-bond acceptors (Lipinski definition) is 6. The molecule has 0 spiro atoms. The summed E-state index contributed by atoms with van der Waals surface area (Å²) in [6.07, 6.45) is 0. The number of nitrogens with one attached hydrogen (secondary N) is 1. The van der Waals surface area contributed by atoms with E-state index in [2.05, 4.69) is 26.1 Å². The lowest BCUT2D eigenvalue weighted by atomic mass is 9.86. The average molecular weight is 477 g/mol. The van der Waals surface area contributed by atoms with Crippen molar-refractivity contribution < 1.29 is 27.5 Å². The number of carbonyl (C=O) groups excluding carboxylic acids is 2. The first-order valence-corrected chi connectivity index (χ1v) is 12.2. The molecule has 9 heteroatoms. The van der Waals surface area contributed by atoms with Crippen LogP contribution in [0, 0.1) is 5.92 Å². The van der Waals surface area contributed by atoms with Gasteiger partial charge in [-0.15, -0.1) is 0 Å². The van der Waals surface area contributed by atoms with E-state index in [1.54, 1.807) is 12.1 Å². The largest absolute Gasteiger partial charge is 0.490 e. The Bertz CT molecular complexity index is 1060. The molecule has 0 fully saturated rings. The quantitative estimate of drug-likeness (QED) is 0.423. The van der Waals surface area contributed by atoms with Gasteiger partial charge in [-0.2, -0.15) is 0 Å². The topological polar surface area (TPSA) is 125 Å². The third kappa shape index (κ3) is 7.87. The number of sulfonamides is 1. The second-order valence-electron chi connectivity index (χ2n) is 9.05. The molecule has 0 saturated heterocycles. The Morgan fingerprint density at radius 1 is 0.970 bits per heavy atom. The number of rotatable bonds is 9. The van der Waals surface area contributed by atoms with Crippen LogP contribution in [-0.4, -0.2) is 39.5 Å². The van der Waals surface area contributed by atoms with Crippen molar-refractivity contribution >= 4 is 21.9 Å². The molecule has 8 nitrogen and oxygen atoms in total. The van der Waals surface area contributed by atoms with Crippen molar-refractivity contribution in [1.82, 2.24) is 5.32 Å². The predicted molar refractivity (Wildman–Crippen MR) is 126 cm³/mol. The Morgan fingerprint density at radius 2 is 1.55 bits per heavy atom. The molecule has 2 aromatic rings. The molecule has 2 rings (SSSR count). The zero-order chi connectivity index (χ0) is 24.8. The van der Waals surface area contributed by atoms with Crippen molar-refractivity contribution in [2.24, 2.45) is 11.1 Å². The molecule has 2 aromatic carbocycles. The summed E-state index contributed by atoms with van der Waals surface area (Å²) in [6.45, 7) is 9.95. The first-order chi connectivity index (χ1) is 15.3. The lowest BCUT2D eigenvalue weighted by Gasteiger charge is -2.22. The summed E-state index contributed by atoms with van der Waals surface area (Å²) in [5, 5.41) is 7.80. The molecule has 0 aromatic heterocycles. The van der Waals surface area contributed by atoms with Crippen LogP contribution in [0.5, 0.6) is 5.75 Å². The fraction of sp³-hybridized carbons (Fsp3) is 0.417. The van der Waals surface area contributed by atoms with Gasteiger partial charge in [0.1, 0.15) is 25.0 Å². The van der Waals surface area contributed by atoms with Crippen LogP contribution >= 0.6 is 0 Å². The van der Waals surface area contributed by atoms with Crippen LogP contribution in [0.25, 0.3) is 0 Å². The summed E-state index contributed by atoms with van der Waals surface area (Å²) in [5.74, 6) is -0.678. The molecule has 0 aliphatic heterocycles. The second-order valence-corrected chi connectivity index (χ2v) is 10.6. The van der Waals surface area contributed by atoms with E-state index >= 15 is 0 Å². The minimum atomic E-state index is -3.77. The standard InChI is InChI=1S/C24H32N2O6S/c1-16(2)21(26-22(27)17-6-8-18(9-7-17)24(3,4)5)23(28)32-15-14-31-19-10-12-20(13-11-19)33(25,29)30/h6-13,16,21H,14-15H2,1-5H3,(H,26,27)(H2,25,29,30)/t21-/m0/s1. The summed E-state index contributed by atoms with van der Waals surface area (Å²) >= 11 is 0. The van der Waals surface area contributed by atoms with Crippen molar-refractivity contribution in [2.45, 2.75) is 51.0 Å². The van der Waals surface area contributed by atoms with E-state index in [9.17, 15) is 18.0 Å². The van der Waals surface area contributed by atoms with Crippen LogP contribution in [0.3, 0.4) is 0 Å². The minimum Gasteiger partial charge on any atom is -0.490 e. The van der Waals surface area contributed by atoms with Crippen LogP contribution in [0.4, 0.5) is 0 Å². The second kappa shape index (κ2) is 10.8. The molecule has 180 valence electrons. The van der Waals surface area contributed by atoms with Gasteiger partial charge >= 0.3 is 5.97 Å². The van der Waals surface area contributed by atoms with Gasteiger partial charge in [-0.25, -0.2) is 18.4 Å².